The molecule has 1 amide bonds. The summed E-state index contributed by atoms with van der Waals surface area (Å²) in [6.07, 6.45) is 2.44. The number of methoxy groups -OCH3 is 1. The number of anilines is 1. The van der Waals surface area contributed by atoms with Gasteiger partial charge in [-0.15, -0.1) is 11.3 Å². The van der Waals surface area contributed by atoms with E-state index in [0.717, 1.165) is 40.5 Å². The van der Waals surface area contributed by atoms with Crippen molar-refractivity contribution in [1.29, 1.82) is 0 Å². The van der Waals surface area contributed by atoms with Crippen molar-refractivity contribution in [3.05, 3.63) is 57.4 Å². The molecular formula is C27H33N3O5S. The van der Waals surface area contributed by atoms with Gasteiger partial charge in [-0.25, -0.2) is 4.79 Å². The molecule has 9 heteroatoms. The van der Waals surface area contributed by atoms with E-state index in [1.165, 1.54) is 11.3 Å². The maximum absolute atomic E-state index is 13.4. The normalized spacial score (nSPS) is 23.6. The van der Waals surface area contributed by atoms with E-state index in [1.54, 1.807) is 13.2 Å². The summed E-state index contributed by atoms with van der Waals surface area (Å²) in [5.74, 6) is -0.143. The zero-order chi connectivity index (χ0) is 25.7. The van der Waals surface area contributed by atoms with Crippen LogP contribution in [-0.2, 0) is 30.9 Å². The number of hydrogen-bond acceptors (Lipinski definition) is 8. The molecule has 1 saturated heterocycles. The molecule has 0 aliphatic carbocycles. The summed E-state index contributed by atoms with van der Waals surface area (Å²) in [6.45, 7) is 8.85. The smallest absolute Gasteiger partial charge is 0.354 e. The average Bonchev–Trinajstić information content (AvgIpc) is 3.50. The fourth-order valence-corrected chi connectivity index (χ4v) is 6.46. The highest BCUT2D eigenvalue weighted by molar-refractivity contribution is 7.10. The number of hydrogen-bond donors (Lipinski definition) is 1. The molecule has 5 rings (SSSR count). The van der Waals surface area contributed by atoms with Crippen LogP contribution in [0, 0.1) is 0 Å². The van der Waals surface area contributed by atoms with Crippen LogP contribution < -0.4 is 15.4 Å². The Bertz CT molecular complexity index is 1200. The summed E-state index contributed by atoms with van der Waals surface area (Å²) in [5, 5.41) is 1.93. The number of morpholine rings is 1. The van der Waals surface area contributed by atoms with Crippen molar-refractivity contribution >= 4 is 28.9 Å². The van der Waals surface area contributed by atoms with Crippen molar-refractivity contribution in [1.82, 2.24) is 4.90 Å². The minimum absolute atomic E-state index is 0.386. The molecule has 1 fully saturated rings. The molecule has 36 heavy (non-hydrogen) atoms. The summed E-state index contributed by atoms with van der Waals surface area (Å²) < 4.78 is 17.1. The molecule has 192 valence electrons. The average molecular weight is 512 g/mol. The number of esters is 1. The number of nitrogens with zero attached hydrogens (tertiary/aromatic N) is 2. The third-order valence-electron chi connectivity index (χ3n) is 7.07. The Morgan fingerprint density at radius 3 is 2.56 bits per heavy atom. The lowest BCUT2D eigenvalue weighted by Gasteiger charge is -2.42. The van der Waals surface area contributed by atoms with Crippen LogP contribution in [0.15, 0.2) is 41.4 Å². The summed E-state index contributed by atoms with van der Waals surface area (Å²) in [7, 11) is 1.68. The van der Waals surface area contributed by atoms with Crippen LogP contribution in [0.5, 0.6) is 5.75 Å². The van der Waals surface area contributed by atoms with Crippen LogP contribution in [0.25, 0.3) is 0 Å². The van der Waals surface area contributed by atoms with Crippen LogP contribution in [0.3, 0.4) is 0 Å². The molecule has 0 spiro atoms. The zero-order valence-corrected chi connectivity index (χ0v) is 22.0. The van der Waals surface area contributed by atoms with Gasteiger partial charge in [-0.3, -0.25) is 4.79 Å². The number of primary amides is 1. The van der Waals surface area contributed by atoms with Gasteiger partial charge in [0.2, 0.25) is 5.91 Å². The van der Waals surface area contributed by atoms with E-state index >= 15 is 0 Å². The molecular weight excluding hydrogens is 478 g/mol. The summed E-state index contributed by atoms with van der Waals surface area (Å²) in [5.41, 5.74) is 7.74. The number of ether oxygens (including phenoxy) is 3. The monoisotopic (exact) mass is 511 g/mol. The molecule has 3 aliphatic rings. The van der Waals surface area contributed by atoms with E-state index < -0.39 is 28.9 Å². The van der Waals surface area contributed by atoms with Gasteiger partial charge in [0.1, 0.15) is 22.5 Å². The van der Waals surface area contributed by atoms with E-state index in [1.807, 2.05) is 43.2 Å². The lowest BCUT2D eigenvalue weighted by Crippen LogP contribution is -2.48. The van der Waals surface area contributed by atoms with Crippen LogP contribution in [0.2, 0.25) is 0 Å². The van der Waals surface area contributed by atoms with Gasteiger partial charge in [-0.05, 0) is 68.0 Å². The van der Waals surface area contributed by atoms with E-state index in [0.29, 0.717) is 31.9 Å². The quantitative estimate of drug-likeness (QED) is 0.617. The van der Waals surface area contributed by atoms with Gasteiger partial charge in [-0.2, -0.15) is 0 Å². The zero-order valence-electron chi connectivity index (χ0n) is 21.2. The van der Waals surface area contributed by atoms with Crippen LogP contribution in [-0.4, -0.2) is 62.3 Å². The second-order valence-corrected chi connectivity index (χ2v) is 11.4. The van der Waals surface area contributed by atoms with Crippen LogP contribution in [0.1, 0.15) is 42.8 Å². The molecule has 2 aromatic rings. The van der Waals surface area contributed by atoms with Gasteiger partial charge in [0.05, 0.1) is 32.1 Å². The van der Waals surface area contributed by atoms with E-state index in [9.17, 15) is 9.59 Å². The van der Waals surface area contributed by atoms with Crippen molar-refractivity contribution in [3.63, 3.8) is 0 Å². The predicted molar refractivity (Wildman–Crippen MR) is 138 cm³/mol. The molecule has 2 atom stereocenters. The van der Waals surface area contributed by atoms with Crippen LogP contribution in [0.4, 0.5) is 5.69 Å². The number of fused-ring (bicyclic) bond motifs is 3. The van der Waals surface area contributed by atoms with Gasteiger partial charge in [0.15, 0.2) is 0 Å². The Morgan fingerprint density at radius 2 is 1.94 bits per heavy atom. The SMILES string of the molecule is COc1cc2c(cc1N1CCOCC1)C1N(CC2)C(C(=O)OC(C)(C)C)=CC1(C(N)=O)c1cccs1. The topological polar surface area (TPSA) is 94.3 Å². The molecule has 4 heterocycles. The standard InChI is InChI=1S/C27H33N3O5S/c1-26(2,3)35-24(31)20-16-27(25(28)32,22-6-5-13-36-22)23-18-15-19(29-9-11-34-12-10-29)21(33-4)14-17(18)7-8-30(20)23/h5-6,13-16,23H,7-12H2,1-4H3,(H2,28,32). The maximum Gasteiger partial charge on any atom is 0.354 e. The first kappa shape index (κ1) is 24.6. The molecule has 0 saturated carbocycles. The van der Waals surface area contributed by atoms with E-state index in [4.69, 9.17) is 19.9 Å². The van der Waals surface area contributed by atoms with Crippen molar-refractivity contribution in [2.75, 3.05) is 44.9 Å². The van der Waals surface area contributed by atoms with Gasteiger partial charge in [-0.1, -0.05) is 6.07 Å². The Hall–Kier alpha value is -3.04. The first-order chi connectivity index (χ1) is 17.2. The Labute approximate surface area is 215 Å². The Morgan fingerprint density at radius 1 is 1.19 bits per heavy atom. The van der Waals surface area contributed by atoms with Crippen molar-refractivity contribution in [2.24, 2.45) is 5.73 Å². The Kier molecular flexibility index (Phi) is 6.24. The molecule has 3 aliphatic heterocycles. The summed E-state index contributed by atoms with van der Waals surface area (Å²) in [6, 6.07) is 7.55. The highest BCUT2D eigenvalue weighted by atomic mass is 32.1. The second-order valence-electron chi connectivity index (χ2n) is 10.4. The highest BCUT2D eigenvalue weighted by Gasteiger charge is 2.57. The van der Waals surface area contributed by atoms with Crippen LogP contribution >= 0.6 is 11.3 Å². The third kappa shape index (κ3) is 4.04. The fraction of sp³-hybridized carbons (Fsp3) is 0.481. The van der Waals surface area contributed by atoms with E-state index in [2.05, 4.69) is 17.0 Å². The summed E-state index contributed by atoms with van der Waals surface area (Å²) >= 11 is 1.47. The molecule has 0 radical (unpaired) electrons. The minimum Gasteiger partial charge on any atom is -0.495 e. The minimum atomic E-state index is -1.20. The first-order valence-corrected chi connectivity index (χ1v) is 13.1. The number of benzene rings is 1. The third-order valence-corrected chi connectivity index (χ3v) is 8.09. The number of amides is 1. The first-order valence-electron chi connectivity index (χ1n) is 12.3. The number of thiophene rings is 1. The molecule has 2 N–H and O–H groups in total. The van der Waals surface area contributed by atoms with Gasteiger partial charge in [0.25, 0.3) is 0 Å². The highest BCUT2D eigenvalue weighted by Crippen LogP contribution is 2.55. The number of carbonyl (C=O) groups excluding carboxylic acids is 2. The van der Waals surface area contributed by atoms with Gasteiger partial charge >= 0.3 is 5.97 Å². The molecule has 1 aromatic heterocycles. The number of rotatable bonds is 5. The molecule has 8 nitrogen and oxygen atoms in total. The second kappa shape index (κ2) is 9.12. The predicted octanol–water partition coefficient (Wildman–Crippen LogP) is 3.16. The fourth-order valence-electron chi connectivity index (χ4n) is 5.53. The lowest BCUT2D eigenvalue weighted by atomic mass is 9.73. The largest absolute Gasteiger partial charge is 0.495 e. The maximum atomic E-state index is 13.4. The van der Waals surface area contributed by atoms with Crippen molar-refractivity contribution < 1.29 is 23.8 Å². The molecule has 2 unspecified atom stereocenters. The van der Waals surface area contributed by atoms with Gasteiger partial charge < -0.3 is 29.7 Å². The molecule has 0 bridgehead atoms. The summed E-state index contributed by atoms with van der Waals surface area (Å²) in [4.78, 5) is 31.9. The van der Waals surface area contributed by atoms with E-state index in [-0.39, 0.29) is 0 Å². The number of nitrogens with two attached hydrogens (primary N) is 1. The Balaban J connectivity index is 1.69. The van der Waals surface area contributed by atoms with Crippen molar-refractivity contribution in [2.45, 2.75) is 44.2 Å². The number of carbonyl (C=O) groups is 2. The van der Waals surface area contributed by atoms with Crippen molar-refractivity contribution in [3.8, 4) is 5.75 Å². The molecule has 1 aromatic carbocycles. The van der Waals surface area contributed by atoms with Gasteiger partial charge in [0, 0.05) is 24.5 Å². The lowest BCUT2D eigenvalue weighted by molar-refractivity contribution is -0.152.